The highest BCUT2D eigenvalue weighted by atomic mass is 35.5. The van der Waals surface area contributed by atoms with Gasteiger partial charge in [-0.2, -0.15) is 0 Å². The number of halogens is 2. The Morgan fingerprint density at radius 2 is 1.36 bits per heavy atom. The molecule has 2 fully saturated rings. The van der Waals surface area contributed by atoms with Crippen LogP contribution >= 0.6 is 23.2 Å². The molecule has 150 valence electrons. The van der Waals surface area contributed by atoms with Gasteiger partial charge in [0, 0.05) is 21.2 Å². The molecule has 2 aliphatic heterocycles. The van der Waals surface area contributed by atoms with E-state index >= 15 is 0 Å². The molecule has 2 aliphatic rings. The van der Waals surface area contributed by atoms with Gasteiger partial charge in [-0.1, -0.05) is 47.5 Å². The third-order valence-electron chi connectivity index (χ3n) is 4.75. The molecule has 2 aromatic carbocycles. The van der Waals surface area contributed by atoms with E-state index in [0.717, 1.165) is 5.56 Å². The maximum absolute atomic E-state index is 10.6. The normalized spacial score (nSPS) is 33.6. The lowest BCUT2D eigenvalue weighted by Gasteiger charge is -2.42. The Kier molecular flexibility index (Phi) is 6.20. The molecule has 2 unspecified atom stereocenters. The van der Waals surface area contributed by atoms with Gasteiger partial charge >= 0.3 is 0 Å². The van der Waals surface area contributed by atoms with Crippen molar-refractivity contribution in [1.82, 2.24) is 0 Å². The highest BCUT2D eigenvalue weighted by Gasteiger charge is 2.44. The van der Waals surface area contributed by atoms with E-state index in [1.165, 1.54) is 0 Å². The van der Waals surface area contributed by atoms with Crippen LogP contribution in [-0.2, 0) is 18.9 Å². The number of hydrogen-bond donors (Lipinski definition) is 2. The molecule has 8 heteroatoms. The van der Waals surface area contributed by atoms with Crippen molar-refractivity contribution in [2.45, 2.75) is 37.0 Å². The van der Waals surface area contributed by atoms with Crippen molar-refractivity contribution in [2.24, 2.45) is 0 Å². The molecule has 28 heavy (non-hydrogen) atoms. The maximum atomic E-state index is 10.6. The van der Waals surface area contributed by atoms with Crippen molar-refractivity contribution in [3.8, 4) is 0 Å². The van der Waals surface area contributed by atoms with Crippen molar-refractivity contribution < 1.29 is 29.2 Å². The second-order valence-electron chi connectivity index (χ2n) is 6.77. The average Bonchev–Trinajstić information content (AvgIpc) is 2.69. The van der Waals surface area contributed by atoms with Gasteiger partial charge in [-0.3, -0.25) is 0 Å². The van der Waals surface area contributed by atoms with Crippen LogP contribution in [0.15, 0.2) is 48.5 Å². The fraction of sp³-hybridized carbons (Fsp3) is 0.400. The van der Waals surface area contributed by atoms with Gasteiger partial charge in [-0.25, -0.2) is 0 Å². The van der Waals surface area contributed by atoms with E-state index in [4.69, 9.17) is 42.1 Å². The molecule has 0 spiro atoms. The zero-order valence-corrected chi connectivity index (χ0v) is 16.3. The molecule has 0 radical (unpaired) electrons. The van der Waals surface area contributed by atoms with E-state index in [-0.39, 0.29) is 13.2 Å². The van der Waals surface area contributed by atoms with E-state index in [9.17, 15) is 10.2 Å². The van der Waals surface area contributed by atoms with Crippen LogP contribution in [-0.4, -0.2) is 47.8 Å². The Labute approximate surface area is 172 Å². The van der Waals surface area contributed by atoms with Crippen LogP contribution in [0.2, 0.25) is 10.0 Å². The average molecular weight is 427 g/mol. The monoisotopic (exact) mass is 426 g/mol. The zero-order valence-electron chi connectivity index (χ0n) is 14.8. The highest BCUT2D eigenvalue weighted by Crippen LogP contribution is 2.35. The van der Waals surface area contributed by atoms with Crippen LogP contribution in [0, 0.1) is 0 Å². The fourth-order valence-electron chi connectivity index (χ4n) is 3.32. The van der Waals surface area contributed by atoms with Crippen molar-refractivity contribution in [3.05, 3.63) is 69.7 Å². The lowest BCUT2D eigenvalue weighted by atomic mass is 10.0. The predicted molar refractivity (Wildman–Crippen MR) is 102 cm³/mol. The summed E-state index contributed by atoms with van der Waals surface area (Å²) < 4.78 is 23.5. The fourth-order valence-corrected chi connectivity index (χ4v) is 3.72. The molecule has 0 saturated carbocycles. The molecule has 0 amide bonds. The van der Waals surface area contributed by atoms with E-state index in [2.05, 4.69) is 0 Å². The smallest absolute Gasteiger partial charge is 0.184 e. The van der Waals surface area contributed by atoms with Gasteiger partial charge in [0.25, 0.3) is 0 Å². The maximum Gasteiger partial charge on any atom is 0.184 e. The van der Waals surface area contributed by atoms with Gasteiger partial charge in [-0.05, 0) is 24.3 Å². The summed E-state index contributed by atoms with van der Waals surface area (Å²) in [5.41, 5.74) is 1.42. The second-order valence-corrected chi connectivity index (χ2v) is 7.65. The molecule has 6 atom stereocenters. The minimum absolute atomic E-state index is 0.117. The molecule has 2 N–H and O–H groups in total. The molecule has 2 saturated heterocycles. The Morgan fingerprint density at radius 1 is 0.786 bits per heavy atom. The Bertz CT molecular complexity index is 819. The van der Waals surface area contributed by atoms with Gasteiger partial charge in [0.15, 0.2) is 12.6 Å². The lowest BCUT2D eigenvalue weighted by molar-refractivity contribution is -0.332. The first-order valence-corrected chi connectivity index (χ1v) is 9.68. The topological polar surface area (TPSA) is 77.4 Å². The number of fused-ring (bicyclic) bond motifs is 1. The van der Waals surface area contributed by atoms with E-state index in [1.807, 2.05) is 12.1 Å². The molecule has 0 aromatic heterocycles. The Hall–Kier alpha value is -1.22. The predicted octanol–water partition coefficient (Wildman–Crippen LogP) is 3.24. The first kappa shape index (κ1) is 20.1. The number of rotatable bonds is 2. The minimum atomic E-state index is -1.20. The van der Waals surface area contributed by atoms with Gasteiger partial charge in [-0.15, -0.1) is 0 Å². The van der Waals surface area contributed by atoms with Gasteiger partial charge in [0.2, 0.25) is 0 Å². The molecule has 0 bridgehead atoms. The number of aliphatic hydroxyl groups is 2. The summed E-state index contributed by atoms with van der Waals surface area (Å²) in [6.45, 7) is 0.0274. The van der Waals surface area contributed by atoms with Gasteiger partial charge < -0.3 is 29.2 Å². The summed E-state index contributed by atoms with van der Waals surface area (Å²) in [6, 6.07) is 14.2. The molecular formula is C20H20Cl2O6. The third-order valence-corrected chi connectivity index (χ3v) is 5.22. The Morgan fingerprint density at radius 3 is 1.96 bits per heavy atom. The SMILES string of the molecule is O[C@H]1[C@@H]2OC(c3cccc(Cl)c3)OC[C@@H]2OC(c2cccc(Cl)c2)OC[C@H]1O. The van der Waals surface area contributed by atoms with Crippen LogP contribution in [0.4, 0.5) is 0 Å². The van der Waals surface area contributed by atoms with Crippen LogP contribution in [0.1, 0.15) is 23.7 Å². The molecule has 2 aromatic rings. The first-order chi connectivity index (χ1) is 13.5. The summed E-state index contributed by atoms with van der Waals surface area (Å²) >= 11 is 12.1. The van der Waals surface area contributed by atoms with Crippen LogP contribution in [0.5, 0.6) is 0 Å². The van der Waals surface area contributed by atoms with Crippen LogP contribution < -0.4 is 0 Å². The summed E-state index contributed by atoms with van der Waals surface area (Å²) in [4.78, 5) is 0. The number of ether oxygens (including phenoxy) is 4. The summed E-state index contributed by atoms with van der Waals surface area (Å²) in [5.74, 6) is 0. The number of benzene rings is 2. The van der Waals surface area contributed by atoms with E-state index in [1.54, 1.807) is 36.4 Å². The van der Waals surface area contributed by atoms with Crippen LogP contribution in [0.25, 0.3) is 0 Å². The van der Waals surface area contributed by atoms with Crippen molar-refractivity contribution in [3.63, 3.8) is 0 Å². The molecular weight excluding hydrogens is 407 g/mol. The molecule has 0 aliphatic carbocycles. The molecule has 2 heterocycles. The largest absolute Gasteiger partial charge is 0.388 e. The Balaban J connectivity index is 1.56. The number of aliphatic hydroxyl groups excluding tert-OH is 2. The highest BCUT2D eigenvalue weighted by molar-refractivity contribution is 6.30. The quantitative estimate of drug-likeness (QED) is 0.767. The zero-order chi connectivity index (χ0) is 19.7. The standard InChI is InChI=1S/C20H20Cl2O6/c21-13-5-1-3-11(7-13)19-25-9-15(23)17(24)18-16(27-19)10-26-20(28-18)12-4-2-6-14(22)8-12/h1-8,15-20,23-24H,9-10H2/t15-,16+,17-,18-,19?,20?/m1/s1. The minimum Gasteiger partial charge on any atom is -0.388 e. The van der Waals surface area contributed by atoms with E-state index in [0.29, 0.717) is 15.6 Å². The summed E-state index contributed by atoms with van der Waals surface area (Å²) in [7, 11) is 0. The second kappa shape index (κ2) is 8.65. The molecule has 4 rings (SSSR count). The van der Waals surface area contributed by atoms with Gasteiger partial charge in [0.05, 0.1) is 13.2 Å². The van der Waals surface area contributed by atoms with Crippen LogP contribution in [0.3, 0.4) is 0 Å². The lowest BCUT2D eigenvalue weighted by Crippen LogP contribution is -2.55. The van der Waals surface area contributed by atoms with Gasteiger partial charge in [0.1, 0.15) is 24.4 Å². The van der Waals surface area contributed by atoms with Crippen molar-refractivity contribution in [2.75, 3.05) is 13.2 Å². The summed E-state index contributed by atoms with van der Waals surface area (Å²) in [6.07, 6.45) is -5.30. The molecule has 6 nitrogen and oxygen atoms in total. The van der Waals surface area contributed by atoms with E-state index < -0.39 is 37.0 Å². The van der Waals surface area contributed by atoms with Crippen molar-refractivity contribution in [1.29, 1.82) is 0 Å². The third kappa shape index (κ3) is 4.35. The first-order valence-electron chi connectivity index (χ1n) is 8.92. The summed E-state index contributed by atoms with van der Waals surface area (Å²) in [5, 5.41) is 22.0. The van der Waals surface area contributed by atoms with Crippen molar-refractivity contribution >= 4 is 23.2 Å². The number of hydrogen-bond acceptors (Lipinski definition) is 6.